The van der Waals surface area contributed by atoms with Gasteiger partial charge in [0, 0.05) is 22.5 Å². The van der Waals surface area contributed by atoms with Gasteiger partial charge in [-0.2, -0.15) is 0 Å². The van der Waals surface area contributed by atoms with Gasteiger partial charge in [0.05, 0.1) is 17.6 Å². The van der Waals surface area contributed by atoms with E-state index in [2.05, 4.69) is 33.5 Å². The lowest BCUT2D eigenvalue weighted by atomic mass is 10.2. The Hall–Kier alpha value is -3.25. The standard InChI is InChI=1S/C21H17ClN6/c1-13-14(2)27(11-17-5-3-4-10-23-17)20-18(13)21-25-19(26-28(21)12-24-20)15-6-8-16(22)9-7-15/h3-10,12H,11H2,1-2H3. The zero-order chi connectivity index (χ0) is 19.3. The van der Waals surface area contributed by atoms with Gasteiger partial charge in [-0.05, 0) is 55.8 Å². The van der Waals surface area contributed by atoms with Gasteiger partial charge in [-0.15, -0.1) is 5.10 Å². The minimum Gasteiger partial charge on any atom is -0.323 e. The second-order valence-electron chi connectivity index (χ2n) is 6.77. The molecule has 0 saturated heterocycles. The monoisotopic (exact) mass is 388 g/mol. The average molecular weight is 389 g/mol. The molecule has 138 valence electrons. The van der Waals surface area contributed by atoms with Gasteiger partial charge in [-0.25, -0.2) is 14.5 Å². The number of aromatic nitrogens is 6. The maximum Gasteiger partial charge on any atom is 0.182 e. The topological polar surface area (TPSA) is 60.9 Å². The number of fused-ring (bicyclic) bond motifs is 3. The Morgan fingerprint density at radius 3 is 2.54 bits per heavy atom. The van der Waals surface area contributed by atoms with Crippen molar-refractivity contribution in [3.63, 3.8) is 0 Å². The molecule has 0 aliphatic rings. The number of hydrogen-bond acceptors (Lipinski definition) is 4. The minimum atomic E-state index is 0.653. The predicted molar refractivity (Wildman–Crippen MR) is 110 cm³/mol. The fraction of sp³-hybridized carbons (Fsp3) is 0.143. The van der Waals surface area contributed by atoms with Crippen LogP contribution in [0.5, 0.6) is 0 Å². The number of benzene rings is 1. The molecule has 0 radical (unpaired) electrons. The third kappa shape index (κ3) is 2.65. The molecular formula is C21H17ClN6. The Bertz CT molecular complexity index is 1300. The zero-order valence-corrected chi connectivity index (χ0v) is 16.2. The second kappa shape index (κ2) is 6.42. The van der Waals surface area contributed by atoms with Gasteiger partial charge in [0.2, 0.25) is 0 Å². The molecule has 0 saturated carbocycles. The number of hydrogen-bond donors (Lipinski definition) is 0. The Morgan fingerprint density at radius 1 is 0.964 bits per heavy atom. The van der Waals surface area contributed by atoms with Crippen molar-refractivity contribution < 1.29 is 0 Å². The first-order valence-electron chi connectivity index (χ1n) is 8.98. The summed E-state index contributed by atoms with van der Waals surface area (Å²) >= 11 is 6.00. The number of aryl methyl sites for hydroxylation is 1. The molecule has 0 aliphatic carbocycles. The molecule has 0 N–H and O–H groups in total. The van der Waals surface area contributed by atoms with Crippen LogP contribution in [0.25, 0.3) is 28.1 Å². The summed E-state index contributed by atoms with van der Waals surface area (Å²) in [6.45, 7) is 4.87. The summed E-state index contributed by atoms with van der Waals surface area (Å²) in [7, 11) is 0. The molecule has 0 atom stereocenters. The highest BCUT2D eigenvalue weighted by Gasteiger charge is 2.18. The van der Waals surface area contributed by atoms with Crippen molar-refractivity contribution in [1.29, 1.82) is 0 Å². The Balaban J connectivity index is 1.70. The van der Waals surface area contributed by atoms with Gasteiger partial charge in [0.15, 0.2) is 11.5 Å². The Morgan fingerprint density at radius 2 is 1.79 bits per heavy atom. The van der Waals surface area contributed by atoms with E-state index in [1.54, 1.807) is 10.8 Å². The molecule has 6 nitrogen and oxygen atoms in total. The van der Waals surface area contributed by atoms with Crippen molar-refractivity contribution in [2.45, 2.75) is 20.4 Å². The van der Waals surface area contributed by atoms with E-state index in [1.807, 2.05) is 48.7 Å². The quantitative estimate of drug-likeness (QED) is 0.458. The van der Waals surface area contributed by atoms with E-state index < -0.39 is 0 Å². The molecule has 28 heavy (non-hydrogen) atoms. The third-order valence-electron chi connectivity index (χ3n) is 5.09. The van der Waals surface area contributed by atoms with E-state index in [-0.39, 0.29) is 0 Å². The van der Waals surface area contributed by atoms with Gasteiger partial charge < -0.3 is 4.57 Å². The molecule has 0 bridgehead atoms. The molecule has 5 rings (SSSR count). The first-order valence-corrected chi connectivity index (χ1v) is 9.36. The highest BCUT2D eigenvalue weighted by molar-refractivity contribution is 6.30. The Labute approximate surface area is 166 Å². The predicted octanol–water partition coefficient (Wildman–Crippen LogP) is 4.46. The molecule has 4 heterocycles. The highest BCUT2D eigenvalue weighted by Crippen LogP contribution is 2.29. The van der Waals surface area contributed by atoms with E-state index in [0.717, 1.165) is 39.2 Å². The summed E-state index contributed by atoms with van der Waals surface area (Å²) < 4.78 is 3.92. The maximum atomic E-state index is 6.00. The number of nitrogens with zero attached hydrogens (tertiary/aromatic N) is 6. The van der Waals surface area contributed by atoms with Crippen LogP contribution in [0, 0.1) is 13.8 Å². The van der Waals surface area contributed by atoms with E-state index in [1.165, 1.54) is 0 Å². The van der Waals surface area contributed by atoms with Crippen LogP contribution in [0.1, 0.15) is 17.0 Å². The smallest absolute Gasteiger partial charge is 0.182 e. The van der Waals surface area contributed by atoms with Crippen molar-refractivity contribution in [2.24, 2.45) is 0 Å². The van der Waals surface area contributed by atoms with Crippen LogP contribution in [-0.2, 0) is 6.54 Å². The van der Waals surface area contributed by atoms with Gasteiger partial charge >= 0.3 is 0 Å². The first-order chi connectivity index (χ1) is 13.6. The highest BCUT2D eigenvalue weighted by atomic mass is 35.5. The molecule has 0 spiro atoms. The van der Waals surface area contributed by atoms with Crippen LogP contribution < -0.4 is 0 Å². The van der Waals surface area contributed by atoms with Crippen LogP contribution in [0.3, 0.4) is 0 Å². The molecule has 5 aromatic rings. The van der Waals surface area contributed by atoms with Gasteiger partial charge in [0.25, 0.3) is 0 Å². The summed E-state index contributed by atoms with van der Waals surface area (Å²) in [5.74, 6) is 0.653. The van der Waals surface area contributed by atoms with Gasteiger partial charge in [0.1, 0.15) is 12.0 Å². The van der Waals surface area contributed by atoms with Crippen LogP contribution in [0.2, 0.25) is 5.02 Å². The van der Waals surface area contributed by atoms with E-state index in [4.69, 9.17) is 16.6 Å². The lowest BCUT2D eigenvalue weighted by Gasteiger charge is -2.07. The second-order valence-corrected chi connectivity index (χ2v) is 7.21. The average Bonchev–Trinajstić information content (AvgIpc) is 3.24. The zero-order valence-electron chi connectivity index (χ0n) is 15.5. The summed E-state index contributed by atoms with van der Waals surface area (Å²) in [4.78, 5) is 13.9. The van der Waals surface area contributed by atoms with Crippen LogP contribution in [0.15, 0.2) is 55.0 Å². The summed E-state index contributed by atoms with van der Waals surface area (Å²) in [5, 5.41) is 6.31. The summed E-state index contributed by atoms with van der Waals surface area (Å²) in [6.07, 6.45) is 3.53. The molecular weight excluding hydrogens is 372 g/mol. The van der Waals surface area contributed by atoms with Gasteiger partial charge in [-0.3, -0.25) is 4.98 Å². The molecule has 0 unspecified atom stereocenters. The van der Waals surface area contributed by atoms with Crippen LogP contribution >= 0.6 is 11.6 Å². The van der Waals surface area contributed by atoms with Crippen molar-refractivity contribution in [3.05, 3.63) is 77.0 Å². The largest absolute Gasteiger partial charge is 0.323 e. The van der Waals surface area contributed by atoms with Crippen LogP contribution in [0.4, 0.5) is 0 Å². The summed E-state index contributed by atoms with van der Waals surface area (Å²) in [6, 6.07) is 13.5. The number of halogens is 1. The fourth-order valence-corrected chi connectivity index (χ4v) is 3.62. The normalized spacial score (nSPS) is 11.5. The van der Waals surface area contributed by atoms with Crippen LogP contribution in [-0.4, -0.2) is 29.1 Å². The first kappa shape index (κ1) is 16.9. The SMILES string of the molecule is Cc1c(C)n(Cc2ccccn2)c2ncn3nc(-c4ccc(Cl)cc4)nc3c12. The van der Waals surface area contributed by atoms with Crippen molar-refractivity contribution in [3.8, 4) is 11.4 Å². The summed E-state index contributed by atoms with van der Waals surface area (Å²) in [5.41, 5.74) is 5.91. The van der Waals surface area contributed by atoms with E-state index in [0.29, 0.717) is 17.4 Å². The van der Waals surface area contributed by atoms with Crippen molar-refractivity contribution >= 4 is 28.3 Å². The lowest BCUT2D eigenvalue weighted by Crippen LogP contribution is -2.04. The maximum absolute atomic E-state index is 6.00. The molecule has 0 aliphatic heterocycles. The molecule has 0 amide bonds. The number of rotatable bonds is 3. The molecule has 0 fully saturated rings. The molecule has 7 heteroatoms. The molecule has 1 aromatic carbocycles. The van der Waals surface area contributed by atoms with Gasteiger partial charge in [-0.1, -0.05) is 17.7 Å². The minimum absolute atomic E-state index is 0.653. The van der Waals surface area contributed by atoms with E-state index in [9.17, 15) is 0 Å². The van der Waals surface area contributed by atoms with Crippen molar-refractivity contribution in [2.75, 3.05) is 0 Å². The Kier molecular flexibility index (Phi) is 3.87. The lowest BCUT2D eigenvalue weighted by molar-refractivity contribution is 0.766. The van der Waals surface area contributed by atoms with Crippen molar-refractivity contribution in [1.82, 2.24) is 29.1 Å². The molecule has 4 aromatic heterocycles. The fourth-order valence-electron chi connectivity index (χ4n) is 3.50. The number of pyridine rings is 1. The third-order valence-corrected chi connectivity index (χ3v) is 5.35. The van der Waals surface area contributed by atoms with E-state index >= 15 is 0 Å².